The van der Waals surface area contributed by atoms with Crippen LogP contribution in [0.1, 0.15) is 24.6 Å². The second-order valence-corrected chi connectivity index (χ2v) is 7.86. The Balaban J connectivity index is 1.56. The van der Waals surface area contributed by atoms with Gasteiger partial charge in [-0.3, -0.25) is 9.59 Å². The molecule has 1 saturated heterocycles. The van der Waals surface area contributed by atoms with E-state index in [0.29, 0.717) is 12.2 Å². The molecule has 1 aliphatic heterocycles. The third kappa shape index (κ3) is 6.46. The summed E-state index contributed by atoms with van der Waals surface area (Å²) in [6, 6.07) is 11.3. The zero-order valence-corrected chi connectivity index (χ0v) is 16.3. The van der Waals surface area contributed by atoms with Crippen LogP contribution in [0.15, 0.2) is 41.8 Å². The van der Waals surface area contributed by atoms with Crippen molar-refractivity contribution in [3.63, 3.8) is 0 Å². The Morgan fingerprint density at radius 1 is 1.19 bits per heavy atom. The van der Waals surface area contributed by atoms with Crippen LogP contribution < -0.4 is 15.5 Å². The van der Waals surface area contributed by atoms with Gasteiger partial charge in [0.1, 0.15) is 19.2 Å². The molecule has 1 aliphatic rings. The molecule has 0 spiro atoms. The Kier molecular flexibility index (Phi) is 6.98. The number of nitrogens with one attached hydrogen (secondary N) is 3. The minimum absolute atomic E-state index is 0.0215. The number of hydrogen-bond donors (Lipinski definition) is 3. The quantitative estimate of drug-likeness (QED) is 0.647. The van der Waals surface area contributed by atoms with Crippen LogP contribution in [0.25, 0.3) is 0 Å². The largest absolute Gasteiger partial charge is 0.372 e. The molecule has 0 aliphatic carbocycles. The average Bonchev–Trinajstić information content (AvgIpc) is 3.30. The van der Waals surface area contributed by atoms with Gasteiger partial charge in [0.05, 0.1) is 4.88 Å². The summed E-state index contributed by atoms with van der Waals surface area (Å²) in [6.45, 7) is 4.35. The molecular weight excluding hydrogens is 362 g/mol. The first-order valence-corrected chi connectivity index (χ1v) is 10.1. The number of amides is 2. The van der Waals surface area contributed by atoms with E-state index < -0.39 is 0 Å². The van der Waals surface area contributed by atoms with Gasteiger partial charge in [0, 0.05) is 24.9 Å². The molecule has 3 N–H and O–H groups in total. The van der Waals surface area contributed by atoms with Crippen LogP contribution in [-0.2, 0) is 20.9 Å². The molecule has 27 heavy (non-hydrogen) atoms. The van der Waals surface area contributed by atoms with Crippen LogP contribution in [0.3, 0.4) is 0 Å². The fourth-order valence-corrected chi connectivity index (χ4v) is 4.04. The molecule has 6 nitrogen and oxygen atoms in total. The van der Waals surface area contributed by atoms with Crippen molar-refractivity contribution < 1.29 is 19.2 Å². The van der Waals surface area contributed by atoms with Gasteiger partial charge in [-0.15, -0.1) is 11.3 Å². The van der Waals surface area contributed by atoms with Crippen LogP contribution in [0, 0.1) is 0 Å². The number of hydrogen-bond acceptors (Lipinski definition) is 4. The summed E-state index contributed by atoms with van der Waals surface area (Å²) in [4.78, 5) is 26.1. The van der Waals surface area contributed by atoms with E-state index in [0.717, 1.165) is 38.2 Å². The first-order chi connectivity index (χ1) is 13.1. The fourth-order valence-electron chi connectivity index (χ4n) is 3.27. The van der Waals surface area contributed by atoms with Gasteiger partial charge in [0.15, 0.2) is 6.54 Å². The molecule has 0 radical (unpaired) electrons. The predicted molar refractivity (Wildman–Crippen MR) is 107 cm³/mol. The highest BCUT2D eigenvalue weighted by Gasteiger charge is 2.24. The maximum Gasteiger partial charge on any atom is 0.279 e. The zero-order chi connectivity index (χ0) is 19.1. The molecule has 2 amide bonds. The summed E-state index contributed by atoms with van der Waals surface area (Å²) in [5.41, 5.74) is 1.44. The smallest absolute Gasteiger partial charge is 0.279 e. The van der Waals surface area contributed by atoms with E-state index in [2.05, 4.69) is 22.1 Å². The van der Waals surface area contributed by atoms with Crippen molar-refractivity contribution in [2.45, 2.75) is 32.4 Å². The highest BCUT2D eigenvalue weighted by atomic mass is 32.1. The molecule has 7 heteroatoms. The van der Waals surface area contributed by atoms with Crippen LogP contribution in [-0.4, -0.2) is 37.6 Å². The van der Waals surface area contributed by atoms with Gasteiger partial charge in [-0.1, -0.05) is 6.07 Å². The first-order valence-electron chi connectivity index (χ1n) is 9.23. The number of carbonyl (C=O) groups excluding carboxylic acids is 2. The van der Waals surface area contributed by atoms with Crippen molar-refractivity contribution in [3.05, 3.63) is 46.7 Å². The van der Waals surface area contributed by atoms with Crippen molar-refractivity contribution in [3.8, 4) is 0 Å². The Morgan fingerprint density at radius 3 is 2.52 bits per heavy atom. The summed E-state index contributed by atoms with van der Waals surface area (Å²) < 4.78 is 5.76. The number of anilines is 2. The molecule has 1 aromatic carbocycles. The molecule has 2 heterocycles. The van der Waals surface area contributed by atoms with Crippen LogP contribution in [0.4, 0.5) is 11.4 Å². The van der Waals surface area contributed by atoms with Gasteiger partial charge >= 0.3 is 0 Å². The normalized spacial score (nSPS) is 17.4. The summed E-state index contributed by atoms with van der Waals surface area (Å²) in [6.07, 6.45) is 2.41. The monoisotopic (exact) mass is 388 g/mol. The Hall–Kier alpha value is -2.22. The van der Waals surface area contributed by atoms with E-state index >= 15 is 0 Å². The predicted octanol–water partition coefficient (Wildman–Crippen LogP) is 1.91. The van der Waals surface area contributed by atoms with Crippen LogP contribution in [0.2, 0.25) is 0 Å². The number of rotatable bonds is 8. The first kappa shape index (κ1) is 19.5. The van der Waals surface area contributed by atoms with Gasteiger partial charge in [-0.2, -0.15) is 0 Å². The second kappa shape index (κ2) is 9.64. The number of thiophene rings is 1. The lowest BCUT2D eigenvalue weighted by Gasteiger charge is -2.21. The average molecular weight is 389 g/mol. The van der Waals surface area contributed by atoms with Gasteiger partial charge in [0.25, 0.3) is 5.91 Å². The van der Waals surface area contributed by atoms with Crippen molar-refractivity contribution in [2.24, 2.45) is 0 Å². The molecule has 0 bridgehead atoms. The molecule has 0 saturated carbocycles. The van der Waals surface area contributed by atoms with E-state index in [4.69, 9.17) is 4.74 Å². The summed E-state index contributed by atoms with van der Waals surface area (Å²) in [5, 5.41) is 7.73. The number of quaternary nitrogens is 1. The van der Waals surface area contributed by atoms with Crippen molar-refractivity contribution in [2.75, 3.05) is 30.3 Å². The second-order valence-electron chi connectivity index (χ2n) is 6.83. The van der Waals surface area contributed by atoms with E-state index in [9.17, 15) is 9.59 Å². The lowest BCUT2D eigenvalue weighted by molar-refractivity contribution is -0.908. The van der Waals surface area contributed by atoms with E-state index in [1.54, 1.807) is 35.6 Å². The number of benzene rings is 1. The Bertz CT molecular complexity index is 740. The summed E-state index contributed by atoms with van der Waals surface area (Å²) in [5.74, 6) is -0.138. The molecular formula is C20H26N3O3S+. The van der Waals surface area contributed by atoms with Crippen molar-refractivity contribution in [1.82, 2.24) is 0 Å². The molecule has 2 aromatic rings. The van der Waals surface area contributed by atoms with Crippen LogP contribution in [0.5, 0.6) is 0 Å². The molecule has 3 rings (SSSR count). The van der Waals surface area contributed by atoms with Crippen molar-refractivity contribution >= 4 is 34.5 Å². The van der Waals surface area contributed by atoms with Gasteiger partial charge in [-0.05, 0) is 48.6 Å². The Labute approximate surface area is 163 Å². The highest BCUT2D eigenvalue weighted by Crippen LogP contribution is 2.13. The number of ether oxygens (including phenoxy) is 1. The minimum atomic E-state index is -0.117. The molecule has 1 fully saturated rings. The zero-order valence-electron chi connectivity index (χ0n) is 15.5. The van der Waals surface area contributed by atoms with Gasteiger partial charge in [-0.25, -0.2) is 0 Å². The van der Waals surface area contributed by atoms with E-state index in [1.165, 1.54) is 16.7 Å². The molecule has 1 aromatic heterocycles. The summed E-state index contributed by atoms with van der Waals surface area (Å²) in [7, 11) is 0. The van der Waals surface area contributed by atoms with E-state index in [1.807, 2.05) is 6.07 Å². The Morgan fingerprint density at radius 2 is 1.93 bits per heavy atom. The highest BCUT2D eigenvalue weighted by molar-refractivity contribution is 7.09. The molecule has 144 valence electrons. The topological polar surface area (TPSA) is 71.9 Å². The SMILES string of the molecule is CC(=O)Nc1ccc(NC(=O)C[NH+](Cc2cccs2)C[C@@H]2CCCO2)cc1. The maximum atomic E-state index is 12.5. The van der Waals surface area contributed by atoms with Gasteiger partial charge < -0.3 is 20.3 Å². The van der Waals surface area contributed by atoms with Crippen LogP contribution >= 0.6 is 11.3 Å². The standard InChI is InChI=1S/C20H25N3O3S/c1-15(24)21-16-6-8-17(9-7-16)22-20(25)14-23(12-18-4-2-10-26-18)13-19-5-3-11-27-19/h3,5-9,11,18H,2,4,10,12-14H2,1H3,(H,21,24)(H,22,25)/p+1/t18-/m0/s1. The minimum Gasteiger partial charge on any atom is -0.372 e. The third-order valence-corrected chi connectivity index (χ3v) is 5.32. The molecule has 2 atom stereocenters. The third-order valence-electron chi connectivity index (χ3n) is 4.44. The lowest BCUT2D eigenvalue weighted by atomic mass is 10.2. The maximum absolute atomic E-state index is 12.5. The lowest BCUT2D eigenvalue weighted by Crippen LogP contribution is -3.12. The van der Waals surface area contributed by atoms with E-state index in [-0.39, 0.29) is 17.9 Å². The summed E-state index contributed by atoms with van der Waals surface area (Å²) >= 11 is 1.72. The number of carbonyl (C=O) groups is 2. The van der Waals surface area contributed by atoms with Gasteiger partial charge in [0.2, 0.25) is 5.91 Å². The molecule has 1 unspecified atom stereocenters. The van der Waals surface area contributed by atoms with Crippen molar-refractivity contribution in [1.29, 1.82) is 0 Å². The fraction of sp³-hybridized carbons (Fsp3) is 0.400.